The van der Waals surface area contributed by atoms with Gasteiger partial charge in [0.25, 0.3) is 0 Å². The summed E-state index contributed by atoms with van der Waals surface area (Å²) in [6.45, 7) is 0.577. The van der Waals surface area contributed by atoms with Gasteiger partial charge in [0.2, 0.25) is 5.95 Å². The third kappa shape index (κ3) is 1.74. The van der Waals surface area contributed by atoms with Crippen LogP contribution in [-0.4, -0.2) is 14.5 Å². The van der Waals surface area contributed by atoms with Crippen molar-refractivity contribution in [1.82, 2.24) is 14.5 Å². The van der Waals surface area contributed by atoms with Gasteiger partial charge in [-0.15, -0.1) is 0 Å². The van der Waals surface area contributed by atoms with Gasteiger partial charge in [-0.2, -0.15) is 0 Å². The molecule has 0 saturated carbocycles. The van der Waals surface area contributed by atoms with Crippen LogP contribution in [0.3, 0.4) is 0 Å². The fourth-order valence-corrected chi connectivity index (χ4v) is 1.88. The first-order chi connectivity index (χ1) is 8.24. The van der Waals surface area contributed by atoms with E-state index in [0.717, 1.165) is 5.56 Å². The number of nitrogens with zero attached hydrogens (tertiary/aromatic N) is 3. The fourth-order valence-electron chi connectivity index (χ4n) is 1.72. The molecule has 0 amide bonds. The van der Waals surface area contributed by atoms with Crippen LogP contribution in [0.15, 0.2) is 35.3 Å². The molecule has 17 heavy (non-hydrogen) atoms. The predicted molar refractivity (Wildman–Crippen MR) is 64.8 cm³/mol. The summed E-state index contributed by atoms with van der Waals surface area (Å²) < 4.78 is 6.83. The molecule has 3 aromatic heterocycles. The maximum absolute atomic E-state index is 5.86. The molecule has 0 fully saturated rings. The number of rotatable bonds is 2. The van der Waals surface area contributed by atoms with E-state index >= 15 is 0 Å². The lowest BCUT2D eigenvalue weighted by molar-refractivity contribution is 0.562. The van der Waals surface area contributed by atoms with Gasteiger partial charge in [-0.3, -0.25) is 4.57 Å². The molecule has 3 aromatic rings. The zero-order valence-electron chi connectivity index (χ0n) is 8.80. The number of anilines is 1. The summed E-state index contributed by atoms with van der Waals surface area (Å²) in [6, 6.07) is 3.62. The number of aromatic nitrogens is 3. The van der Waals surface area contributed by atoms with Crippen molar-refractivity contribution >= 4 is 28.7 Å². The highest BCUT2D eigenvalue weighted by atomic mass is 35.5. The highest BCUT2D eigenvalue weighted by molar-refractivity contribution is 6.31. The zero-order chi connectivity index (χ0) is 11.8. The Hall–Kier alpha value is -2.01. The van der Waals surface area contributed by atoms with Gasteiger partial charge in [-0.1, -0.05) is 11.6 Å². The maximum Gasteiger partial charge on any atom is 0.202 e. The summed E-state index contributed by atoms with van der Waals surface area (Å²) in [7, 11) is 0. The van der Waals surface area contributed by atoms with E-state index < -0.39 is 0 Å². The smallest absolute Gasteiger partial charge is 0.202 e. The Bertz CT molecular complexity index is 659. The van der Waals surface area contributed by atoms with E-state index in [1.165, 1.54) is 0 Å². The third-order valence-electron chi connectivity index (χ3n) is 2.50. The number of pyridine rings is 1. The van der Waals surface area contributed by atoms with Crippen molar-refractivity contribution in [2.45, 2.75) is 6.54 Å². The zero-order valence-corrected chi connectivity index (χ0v) is 9.55. The molecule has 2 N–H and O–H groups in total. The lowest BCUT2D eigenvalue weighted by Crippen LogP contribution is -2.04. The molecule has 0 bridgehead atoms. The van der Waals surface area contributed by atoms with Crippen LogP contribution in [0.2, 0.25) is 5.02 Å². The van der Waals surface area contributed by atoms with Crippen LogP contribution in [0.5, 0.6) is 0 Å². The van der Waals surface area contributed by atoms with Gasteiger partial charge in [0, 0.05) is 11.8 Å². The number of hydrogen-bond donors (Lipinski definition) is 1. The number of nitrogens with two attached hydrogens (primary N) is 1. The Labute approximate surface area is 102 Å². The predicted octanol–water partition coefficient (Wildman–Crippen LogP) is 2.31. The quantitative estimate of drug-likeness (QED) is 0.756. The van der Waals surface area contributed by atoms with Gasteiger partial charge in [0.15, 0.2) is 5.65 Å². The molecular formula is C11H9ClN4O. The van der Waals surface area contributed by atoms with Gasteiger partial charge < -0.3 is 10.2 Å². The Morgan fingerprint density at radius 2 is 2.35 bits per heavy atom. The van der Waals surface area contributed by atoms with Crippen molar-refractivity contribution in [2.24, 2.45) is 0 Å². The topological polar surface area (TPSA) is 69.9 Å². The van der Waals surface area contributed by atoms with Crippen LogP contribution in [0.25, 0.3) is 11.2 Å². The van der Waals surface area contributed by atoms with E-state index in [0.29, 0.717) is 28.7 Å². The average molecular weight is 249 g/mol. The molecule has 5 nitrogen and oxygen atoms in total. The number of halogens is 1. The summed E-state index contributed by atoms with van der Waals surface area (Å²) >= 11 is 5.86. The molecule has 3 heterocycles. The van der Waals surface area contributed by atoms with Crippen molar-refractivity contribution in [3.05, 3.63) is 41.4 Å². The van der Waals surface area contributed by atoms with Gasteiger partial charge in [0.05, 0.1) is 24.1 Å². The van der Waals surface area contributed by atoms with E-state index in [-0.39, 0.29) is 0 Å². The molecule has 0 unspecified atom stereocenters. The lowest BCUT2D eigenvalue weighted by atomic mass is 10.3. The van der Waals surface area contributed by atoms with Crippen LogP contribution in [0.1, 0.15) is 5.56 Å². The maximum atomic E-state index is 5.86. The van der Waals surface area contributed by atoms with Gasteiger partial charge in [0.1, 0.15) is 5.52 Å². The molecule has 0 aliphatic heterocycles. The van der Waals surface area contributed by atoms with Crippen LogP contribution in [-0.2, 0) is 6.54 Å². The fraction of sp³-hybridized carbons (Fsp3) is 0.0909. The molecule has 0 spiro atoms. The molecule has 0 radical (unpaired) electrons. The third-order valence-corrected chi connectivity index (χ3v) is 2.71. The van der Waals surface area contributed by atoms with Gasteiger partial charge in [-0.25, -0.2) is 9.97 Å². The van der Waals surface area contributed by atoms with Crippen LogP contribution in [0, 0.1) is 0 Å². The highest BCUT2D eigenvalue weighted by Gasteiger charge is 2.10. The van der Waals surface area contributed by atoms with E-state index in [2.05, 4.69) is 9.97 Å². The van der Waals surface area contributed by atoms with Gasteiger partial charge in [-0.05, 0) is 12.1 Å². The summed E-state index contributed by atoms with van der Waals surface area (Å²) in [4.78, 5) is 8.46. The molecule has 0 aromatic carbocycles. The first-order valence-corrected chi connectivity index (χ1v) is 5.40. The van der Waals surface area contributed by atoms with E-state index in [4.69, 9.17) is 21.8 Å². The Morgan fingerprint density at radius 1 is 1.47 bits per heavy atom. The van der Waals surface area contributed by atoms with Crippen molar-refractivity contribution in [3.8, 4) is 0 Å². The average Bonchev–Trinajstić information content (AvgIpc) is 2.88. The van der Waals surface area contributed by atoms with E-state index in [1.54, 1.807) is 24.8 Å². The summed E-state index contributed by atoms with van der Waals surface area (Å²) in [5.41, 5.74) is 8.27. The van der Waals surface area contributed by atoms with Crippen molar-refractivity contribution in [1.29, 1.82) is 0 Å². The minimum absolute atomic E-state index is 0.413. The Balaban J connectivity index is 2.12. The van der Waals surface area contributed by atoms with Crippen LogP contribution >= 0.6 is 11.6 Å². The molecule has 0 saturated heterocycles. The SMILES string of the molecule is Nc1nc2cc(Cl)cnc2n1Cc1ccoc1. The molecule has 0 aliphatic carbocycles. The molecule has 6 heteroatoms. The summed E-state index contributed by atoms with van der Waals surface area (Å²) in [5.74, 6) is 0.413. The molecule has 86 valence electrons. The number of hydrogen-bond acceptors (Lipinski definition) is 4. The second-order valence-corrected chi connectivity index (χ2v) is 4.12. The molecule has 0 atom stereocenters. The summed E-state index contributed by atoms with van der Waals surface area (Å²) in [5, 5.41) is 0.547. The second kappa shape index (κ2) is 3.78. The standard InChI is InChI=1S/C11H9ClN4O/c12-8-3-9-10(14-4-8)16(11(13)15-9)5-7-1-2-17-6-7/h1-4,6H,5H2,(H2,13,15). The van der Waals surface area contributed by atoms with Crippen LogP contribution < -0.4 is 5.73 Å². The monoisotopic (exact) mass is 248 g/mol. The first kappa shape index (κ1) is 10.2. The number of fused-ring (bicyclic) bond motifs is 1. The van der Waals surface area contributed by atoms with E-state index in [1.807, 2.05) is 10.6 Å². The number of nitrogen functional groups attached to an aromatic ring is 1. The Kier molecular flexibility index (Phi) is 2.26. The highest BCUT2D eigenvalue weighted by Crippen LogP contribution is 2.20. The van der Waals surface area contributed by atoms with Crippen molar-refractivity contribution in [2.75, 3.05) is 5.73 Å². The molecular weight excluding hydrogens is 240 g/mol. The van der Waals surface area contributed by atoms with E-state index in [9.17, 15) is 0 Å². The van der Waals surface area contributed by atoms with Crippen LogP contribution in [0.4, 0.5) is 5.95 Å². The number of imidazole rings is 1. The second-order valence-electron chi connectivity index (χ2n) is 3.68. The lowest BCUT2D eigenvalue weighted by Gasteiger charge is -2.02. The minimum atomic E-state index is 0.413. The molecule has 3 rings (SSSR count). The van der Waals surface area contributed by atoms with Crippen molar-refractivity contribution < 1.29 is 4.42 Å². The Morgan fingerprint density at radius 3 is 3.12 bits per heavy atom. The summed E-state index contributed by atoms with van der Waals surface area (Å²) in [6.07, 6.45) is 4.87. The minimum Gasteiger partial charge on any atom is -0.472 e. The number of furan rings is 1. The normalized spacial score (nSPS) is 11.1. The largest absolute Gasteiger partial charge is 0.472 e. The van der Waals surface area contributed by atoms with Crippen molar-refractivity contribution in [3.63, 3.8) is 0 Å². The van der Waals surface area contributed by atoms with Gasteiger partial charge >= 0.3 is 0 Å². The first-order valence-electron chi connectivity index (χ1n) is 5.02. The molecule has 0 aliphatic rings.